The molecule has 3 atom stereocenters. The molecule has 0 saturated carbocycles. The minimum atomic E-state index is -0.136. The van der Waals surface area contributed by atoms with Gasteiger partial charge < -0.3 is 10.2 Å². The number of rotatable bonds is 8. The van der Waals surface area contributed by atoms with Crippen LogP contribution in [0, 0.1) is 11.8 Å². The Hall–Kier alpha value is -0.0800. The molecule has 0 aliphatic heterocycles. The lowest BCUT2D eigenvalue weighted by atomic mass is 9.93. The van der Waals surface area contributed by atoms with Crippen molar-refractivity contribution in [1.29, 1.82) is 0 Å². The van der Waals surface area contributed by atoms with Crippen LogP contribution in [0.4, 0.5) is 0 Å². The van der Waals surface area contributed by atoms with Gasteiger partial charge in [0, 0.05) is 6.61 Å². The van der Waals surface area contributed by atoms with Crippen LogP contribution in [0.1, 0.15) is 52.9 Å². The first-order valence-electron chi connectivity index (χ1n) is 5.90. The highest BCUT2D eigenvalue weighted by atomic mass is 16.3. The van der Waals surface area contributed by atoms with Crippen LogP contribution in [0.15, 0.2) is 0 Å². The highest BCUT2D eigenvalue weighted by Crippen LogP contribution is 2.18. The van der Waals surface area contributed by atoms with E-state index in [1.807, 2.05) is 6.92 Å². The number of hydrogen-bond donors (Lipinski definition) is 2. The zero-order valence-electron chi connectivity index (χ0n) is 9.87. The molecule has 0 aromatic heterocycles. The number of aliphatic hydroxyl groups is 2. The molecule has 0 aliphatic rings. The summed E-state index contributed by atoms with van der Waals surface area (Å²) in [6.45, 7) is 6.62. The third-order valence-corrected chi connectivity index (χ3v) is 3.05. The molecule has 2 nitrogen and oxygen atoms in total. The average molecular weight is 202 g/mol. The van der Waals surface area contributed by atoms with E-state index in [2.05, 4.69) is 13.8 Å². The van der Waals surface area contributed by atoms with E-state index in [-0.39, 0.29) is 6.10 Å². The van der Waals surface area contributed by atoms with Crippen molar-refractivity contribution in [2.45, 2.75) is 59.0 Å². The SMILES string of the molecule is CCC(O)C(C)CCCC(C)CCO. The normalized spacial score (nSPS) is 17.8. The van der Waals surface area contributed by atoms with Gasteiger partial charge in [-0.1, -0.05) is 33.6 Å². The Kier molecular flexibility index (Phi) is 8.20. The quantitative estimate of drug-likeness (QED) is 0.635. The molecule has 3 unspecified atom stereocenters. The minimum Gasteiger partial charge on any atom is -0.396 e. The maximum atomic E-state index is 9.56. The van der Waals surface area contributed by atoms with Gasteiger partial charge in [-0.15, -0.1) is 0 Å². The molecule has 0 bridgehead atoms. The topological polar surface area (TPSA) is 40.5 Å². The van der Waals surface area contributed by atoms with E-state index in [4.69, 9.17) is 5.11 Å². The first kappa shape index (κ1) is 13.9. The Balaban J connectivity index is 3.43. The molecule has 0 amide bonds. The van der Waals surface area contributed by atoms with E-state index in [1.165, 1.54) is 12.8 Å². The van der Waals surface area contributed by atoms with Gasteiger partial charge in [-0.05, 0) is 31.1 Å². The van der Waals surface area contributed by atoms with E-state index >= 15 is 0 Å². The second-order valence-corrected chi connectivity index (χ2v) is 4.50. The Labute approximate surface area is 88.3 Å². The van der Waals surface area contributed by atoms with Crippen LogP contribution in [0.25, 0.3) is 0 Å². The monoisotopic (exact) mass is 202 g/mol. The second kappa shape index (κ2) is 8.25. The molecule has 0 aromatic rings. The van der Waals surface area contributed by atoms with Crippen LogP contribution >= 0.6 is 0 Å². The third kappa shape index (κ3) is 6.39. The Morgan fingerprint density at radius 1 is 1.07 bits per heavy atom. The van der Waals surface area contributed by atoms with Crippen molar-refractivity contribution in [1.82, 2.24) is 0 Å². The van der Waals surface area contributed by atoms with Crippen LogP contribution in [0.2, 0.25) is 0 Å². The molecule has 0 spiro atoms. The summed E-state index contributed by atoms with van der Waals surface area (Å²) in [6, 6.07) is 0. The van der Waals surface area contributed by atoms with Gasteiger partial charge in [0.25, 0.3) is 0 Å². The molecule has 0 aliphatic carbocycles. The molecule has 0 fully saturated rings. The first-order chi connectivity index (χ1) is 6.61. The Bertz CT molecular complexity index is 125. The molecule has 2 N–H and O–H groups in total. The molecular formula is C12H26O2. The smallest absolute Gasteiger partial charge is 0.0563 e. The predicted molar refractivity (Wildman–Crippen MR) is 60.2 cm³/mol. The van der Waals surface area contributed by atoms with Crippen LogP contribution in [-0.4, -0.2) is 22.9 Å². The Morgan fingerprint density at radius 3 is 2.21 bits per heavy atom. The molecule has 0 saturated heterocycles. The molecule has 0 heterocycles. The molecule has 86 valence electrons. The lowest BCUT2D eigenvalue weighted by Crippen LogP contribution is -2.16. The van der Waals surface area contributed by atoms with Crippen molar-refractivity contribution in [2.75, 3.05) is 6.61 Å². The van der Waals surface area contributed by atoms with Gasteiger partial charge >= 0.3 is 0 Å². The summed E-state index contributed by atoms with van der Waals surface area (Å²) in [5, 5.41) is 18.3. The second-order valence-electron chi connectivity index (χ2n) is 4.50. The summed E-state index contributed by atoms with van der Waals surface area (Å²) >= 11 is 0. The summed E-state index contributed by atoms with van der Waals surface area (Å²) in [7, 11) is 0. The lowest BCUT2D eigenvalue weighted by molar-refractivity contribution is 0.105. The van der Waals surface area contributed by atoms with E-state index in [9.17, 15) is 5.11 Å². The number of hydrogen-bond acceptors (Lipinski definition) is 2. The van der Waals surface area contributed by atoms with Crippen molar-refractivity contribution in [2.24, 2.45) is 11.8 Å². The van der Waals surface area contributed by atoms with Crippen molar-refractivity contribution >= 4 is 0 Å². The average Bonchev–Trinajstić information content (AvgIpc) is 2.16. The largest absolute Gasteiger partial charge is 0.396 e. The van der Waals surface area contributed by atoms with Gasteiger partial charge in [0.2, 0.25) is 0 Å². The molecule has 2 heteroatoms. The van der Waals surface area contributed by atoms with Crippen LogP contribution < -0.4 is 0 Å². The maximum absolute atomic E-state index is 9.56. The molecule has 0 rings (SSSR count). The fourth-order valence-corrected chi connectivity index (χ4v) is 1.75. The Morgan fingerprint density at radius 2 is 1.71 bits per heavy atom. The minimum absolute atomic E-state index is 0.136. The summed E-state index contributed by atoms with van der Waals surface area (Å²) < 4.78 is 0. The number of aliphatic hydroxyl groups excluding tert-OH is 2. The third-order valence-electron chi connectivity index (χ3n) is 3.05. The first-order valence-corrected chi connectivity index (χ1v) is 5.90. The highest BCUT2D eigenvalue weighted by molar-refractivity contribution is 4.63. The zero-order valence-corrected chi connectivity index (χ0v) is 9.87. The van der Waals surface area contributed by atoms with E-state index in [0.717, 1.165) is 19.3 Å². The van der Waals surface area contributed by atoms with Gasteiger partial charge in [-0.2, -0.15) is 0 Å². The predicted octanol–water partition coefficient (Wildman–Crippen LogP) is 2.58. The fourth-order valence-electron chi connectivity index (χ4n) is 1.75. The standard InChI is InChI=1S/C12H26O2/c1-4-12(14)11(3)7-5-6-10(2)8-9-13/h10-14H,4-9H2,1-3H3. The van der Waals surface area contributed by atoms with Gasteiger partial charge in [-0.25, -0.2) is 0 Å². The molecule has 0 aromatic carbocycles. The van der Waals surface area contributed by atoms with Gasteiger partial charge in [0.1, 0.15) is 0 Å². The maximum Gasteiger partial charge on any atom is 0.0563 e. The summed E-state index contributed by atoms with van der Waals surface area (Å²) in [5.74, 6) is 1.03. The van der Waals surface area contributed by atoms with Gasteiger partial charge in [0.15, 0.2) is 0 Å². The molecular weight excluding hydrogens is 176 g/mol. The van der Waals surface area contributed by atoms with Crippen molar-refractivity contribution < 1.29 is 10.2 Å². The van der Waals surface area contributed by atoms with Crippen molar-refractivity contribution in [3.05, 3.63) is 0 Å². The van der Waals surface area contributed by atoms with E-state index in [0.29, 0.717) is 18.4 Å². The van der Waals surface area contributed by atoms with Crippen LogP contribution in [0.5, 0.6) is 0 Å². The van der Waals surface area contributed by atoms with Crippen LogP contribution in [-0.2, 0) is 0 Å². The van der Waals surface area contributed by atoms with Crippen molar-refractivity contribution in [3.63, 3.8) is 0 Å². The zero-order chi connectivity index (χ0) is 11.0. The fraction of sp³-hybridized carbons (Fsp3) is 1.00. The summed E-state index contributed by atoms with van der Waals surface area (Å²) in [6.07, 6.45) is 5.06. The van der Waals surface area contributed by atoms with Crippen LogP contribution in [0.3, 0.4) is 0 Å². The van der Waals surface area contributed by atoms with E-state index in [1.54, 1.807) is 0 Å². The molecule has 14 heavy (non-hydrogen) atoms. The highest BCUT2D eigenvalue weighted by Gasteiger charge is 2.11. The van der Waals surface area contributed by atoms with Gasteiger partial charge in [0.05, 0.1) is 6.10 Å². The summed E-state index contributed by atoms with van der Waals surface area (Å²) in [4.78, 5) is 0. The molecule has 0 radical (unpaired) electrons. The van der Waals surface area contributed by atoms with E-state index < -0.39 is 0 Å². The van der Waals surface area contributed by atoms with Crippen molar-refractivity contribution in [3.8, 4) is 0 Å². The van der Waals surface area contributed by atoms with Gasteiger partial charge in [-0.3, -0.25) is 0 Å². The lowest BCUT2D eigenvalue weighted by Gasteiger charge is -2.18. The summed E-state index contributed by atoms with van der Waals surface area (Å²) in [5.41, 5.74) is 0.